The van der Waals surface area contributed by atoms with Crippen molar-refractivity contribution in [2.75, 3.05) is 11.9 Å². The number of carbonyl (C=O) groups excluding carboxylic acids is 1. The van der Waals surface area contributed by atoms with Crippen LogP contribution in [0.5, 0.6) is 5.75 Å². The molecule has 4 heteroatoms. The minimum Gasteiger partial charge on any atom is -0.492 e. The molecule has 0 fully saturated rings. The first-order valence-corrected chi connectivity index (χ1v) is 7.23. The molecule has 0 aliphatic rings. The Morgan fingerprint density at radius 3 is 2.67 bits per heavy atom. The van der Waals surface area contributed by atoms with E-state index in [0.29, 0.717) is 34.5 Å². The number of hydrogen-bond donors (Lipinski definition) is 1. The lowest BCUT2D eigenvalue weighted by atomic mass is 10.1. The lowest BCUT2D eigenvalue weighted by Gasteiger charge is -2.13. The third-order valence-corrected chi connectivity index (χ3v) is 3.02. The summed E-state index contributed by atoms with van der Waals surface area (Å²) in [6, 6.07) is 14.3. The largest absolute Gasteiger partial charge is 0.492 e. The maximum atomic E-state index is 12.4. The molecule has 0 aliphatic heterocycles. The molecule has 2 aromatic carbocycles. The molecule has 0 aromatic heterocycles. The van der Waals surface area contributed by atoms with Gasteiger partial charge in [-0.2, -0.15) is 0 Å². The average molecular weight is 304 g/mol. The van der Waals surface area contributed by atoms with E-state index in [1.165, 1.54) is 0 Å². The van der Waals surface area contributed by atoms with Gasteiger partial charge in [-0.25, -0.2) is 0 Å². The van der Waals surface area contributed by atoms with Crippen LogP contribution in [0.15, 0.2) is 48.5 Å². The number of amides is 1. The fourth-order valence-electron chi connectivity index (χ4n) is 1.80. The van der Waals surface area contributed by atoms with Gasteiger partial charge in [-0.3, -0.25) is 4.79 Å². The molecule has 2 aromatic rings. The summed E-state index contributed by atoms with van der Waals surface area (Å²) in [5.41, 5.74) is 1.17. The Hall–Kier alpha value is -2.00. The monoisotopic (exact) mass is 303 g/mol. The molecule has 2 rings (SSSR count). The van der Waals surface area contributed by atoms with Gasteiger partial charge in [0.2, 0.25) is 0 Å². The van der Waals surface area contributed by atoms with Crippen LogP contribution >= 0.6 is 11.6 Å². The fourth-order valence-corrected chi connectivity index (χ4v) is 1.99. The molecule has 0 heterocycles. The summed E-state index contributed by atoms with van der Waals surface area (Å²) in [5.74, 6) is 0.774. The first-order chi connectivity index (χ1) is 10.1. The first-order valence-electron chi connectivity index (χ1n) is 6.85. The maximum Gasteiger partial charge on any atom is 0.259 e. The van der Waals surface area contributed by atoms with Crippen LogP contribution < -0.4 is 10.1 Å². The predicted octanol–water partition coefficient (Wildman–Crippen LogP) is 4.63. The SMILES string of the molecule is CC(C)COc1ccccc1C(=O)Nc1cccc(Cl)c1. The smallest absolute Gasteiger partial charge is 0.259 e. The Balaban J connectivity index is 2.15. The molecule has 0 radical (unpaired) electrons. The summed E-state index contributed by atoms with van der Waals surface area (Å²) in [6.45, 7) is 4.70. The number of anilines is 1. The molecule has 0 bridgehead atoms. The molecule has 1 amide bonds. The van der Waals surface area contributed by atoms with Crippen molar-refractivity contribution in [2.45, 2.75) is 13.8 Å². The van der Waals surface area contributed by atoms with Crippen LogP contribution in [0.3, 0.4) is 0 Å². The molecule has 0 unspecified atom stereocenters. The Morgan fingerprint density at radius 1 is 1.19 bits per heavy atom. The van der Waals surface area contributed by atoms with Gasteiger partial charge < -0.3 is 10.1 Å². The van der Waals surface area contributed by atoms with E-state index in [1.54, 1.807) is 36.4 Å². The average Bonchev–Trinajstić information content (AvgIpc) is 2.45. The lowest BCUT2D eigenvalue weighted by Crippen LogP contribution is -2.14. The zero-order valence-corrected chi connectivity index (χ0v) is 12.9. The summed E-state index contributed by atoms with van der Waals surface area (Å²) in [4.78, 5) is 12.4. The van der Waals surface area contributed by atoms with Crippen molar-refractivity contribution in [1.29, 1.82) is 0 Å². The number of nitrogens with one attached hydrogen (secondary N) is 1. The van der Waals surface area contributed by atoms with E-state index in [4.69, 9.17) is 16.3 Å². The first kappa shape index (κ1) is 15.4. The van der Waals surface area contributed by atoms with E-state index < -0.39 is 0 Å². The number of rotatable bonds is 5. The molecule has 0 aliphatic carbocycles. The molecule has 0 atom stereocenters. The molecular formula is C17H18ClNO2. The van der Waals surface area contributed by atoms with Gasteiger partial charge in [0.25, 0.3) is 5.91 Å². The van der Waals surface area contributed by atoms with Crippen LogP contribution in [0, 0.1) is 5.92 Å². The Morgan fingerprint density at radius 2 is 1.95 bits per heavy atom. The molecule has 3 nitrogen and oxygen atoms in total. The number of halogens is 1. The van der Waals surface area contributed by atoms with Crippen LogP contribution in [0.25, 0.3) is 0 Å². The predicted molar refractivity (Wildman–Crippen MR) is 86.2 cm³/mol. The Bertz CT molecular complexity index is 626. The van der Waals surface area contributed by atoms with E-state index in [-0.39, 0.29) is 5.91 Å². The number of carbonyl (C=O) groups is 1. The van der Waals surface area contributed by atoms with Crippen LogP contribution in [-0.4, -0.2) is 12.5 Å². The van der Waals surface area contributed by atoms with Crippen molar-refractivity contribution in [1.82, 2.24) is 0 Å². The van der Waals surface area contributed by atoms with Crippen molar-refractivity contribution >= 4 is 23.2 Å². The summed E-state index contributed by atoms with van der Waals surface area (Å²) >= 11 is 5.91. The minimum absolute atomic E-state index is 0.211. The van der Waals surface area contributed by atoms with Crippen molar-refractivity contribution in [3.63, 3.8) is 0 Å². The summed E-state index contributed by atoms with van der Waals surface area (Å²) in [7, 11) is 0. The fraction of sp³-hybridized carbons (Fsp3) is 0.235. The third kappa shape index (κ3) is 4.50. The van der Waals surface area contributed by atoms with E-state index in [0.717, 1.165) is 0 Å². The van der Waals surface area contributed by atoms with Crippen LogP contribution in [0.4, 0.5) is 5.69 Å². The summed E-state index contributed by atoms with van der Waals surface area (Å²) in [6.07, 6.45) is 0. The molecule has 1 N–H and O–H groups in total. The van der Waals surface area contributed by atoms with Crippen molar-refractivity contribution < 1.29 is 9.53 Å². The molecule has 110 valence electrons. The van der Waals surface area contributed by atoms with Gasteiger partial charge in [-0.15, -0.1) is 0 Å². The van der Waals surface area contributed by atoms with E-state index in [2.05, 4.69) is 19.2 Å². The standard InChI is InChI=1S/C17H18ClNO2/c1-12(2)11-21-16-9-4-3-8-15(16)17(20)19-14-7-5-6-13(18)10-14/h3-10,12H,11H2,1-2H3,(H,19,20). The lowest BCUT2D eigenvalue weighted by molar-refractivity contribution is 0.102. The highest BCUT2D eigenvalue weighted by molar-refractivity contribution is 6.31. The highest BCUT2D eigenvalue weighted by Gasteiger charge is 2.12. The van der Waals surface area contributed by atoms with Gasteiger partial charge >= 0.3 is 0 Å². The van der Waals surface area contributed by atoms with E-state index in [1.807, 2.05) is 12.1 Å². The maximum absolute atomic E-state index is 12.4. The topological polar surface area (TPSA) is 38.3 Å². The Kier molecular flexibility index (Phi) is 5.23. The minimum atomic E-state index is -0.211. The molecule has 0 spiro atoms. The second-order valence-corrected chi connectivity index (χ2v) is 5.60. The third-order valence-electron chi connectivity index (χ3n) is 2.79. The van der Waals surface area contributed by atoms with Gasteiger partial charge in [-0.1, -0.05) is 43.6 Å². The zero-order valence-electron chi connectivity index (χ0n) is 12.1. The second-order valence-electron chi connectivity index (χ2n) is 5.17. The second kappa shape index (κ2) is 7.14. The van der Waals surface area contributed by atoms with Gasteiger partial charge in [0.1, 0.15) is 5.75 Å². The zero-order chi connectivity index (χ0) is 15.2. The molecule has 0 saturated heterocycles. The number of benzene rings is 2. The van der Waals surface area contributed by atoms with Crippen molar-refractivity contribution in [3.05, 3.63) is 59.1 Å². The number of para-hydroxylation sites is 1. The summed E-state index contributed by atoms with van der Waals surface area (Å²) in [5, 5.41) is 3.40. The quantitative estimate of drug-likeness (QED) is 0.874. The van der Waals surface area contributed by atoms with E-state index >= 15 is 0 Å². The molecule has 21 heavy (non-hydrogen) atoms. The van der Waals surface area contributed by atoms with Crippen LogP contribution in [-0.2, 0) is 0 Å². The van der Waals surface area contributed by atoms with Crippen molar-refractivity contribution in [3.8, 4) is 5.75 Å². The van der Waals surface area contributed by atoms with Gasteiger partial charge in [0, 0.05) is 10.7 Å². The number of hydrogen-bond acceptors (Lipinski definition) is 2. The summed E-state index contributed by atoms with van der Waals surface area (Å²) < 4.78 is 5.69. The van der Waals surface area contributed by atoms with Gasteiger partial charge in [-0.05, 0) is 36.2 Å². The van der Waals surface area contributed by atoms with E-state index in [9.17, 15) is 4.79 Å². The molecular weight excluding hydrogens is 286 g/mol. The van der Waals surface area contributed by atoms with Crippen LogP contribution in [0.1, 0.15) is 24.2 Å². The highest BCUT2D eigenvalue weighted by atomic mass is 35.5. The van der Waals surface area contributed by atoms with Gasteiger partial charge in [0.15, 0.2) is 0 Å². The Labute approximate surface area is 129 Å². The van der Waals surface area contributed by atoms with Gasteiger partial charge in [0.05, 0.1) is 12.2 Å². The van der Waals surface area contributed by atoms with Crippen molar-refractivity contribution in [2.24, 2.45) is 5.92 Å². The normalized spacial score (nSPS) is 10.5. The van der Waals surface area contributed by atoms with Crippen LogP contribution in [0.2, 0.25) is 5.02 Å². The number of ether oxygens (including phenoxy) is 1. The highest BCUT2D eigenvalue weighted by Crippen LogP contribution is 2.21. The molecule has 0 saturated carbocycles.